The van der Waals surface area contributed by atoms with Gasteiger partial charge in [0.1, 0.15) is 13.1 Å². The number of carbonyl (C=O) groups is 2. The second-order valence-electron chi connectivity index (χ2n) is 13.1. The van der Waals surface area contributed by atoms with E-state index in [9.17, 15) is 88.6 Å². The Morgan fingerprint density at radius 1 is 0.547 bits per heavy atom. The van der Waals surface area contributed by atoms with Gasteiger partial charge in [-0.25, -0.2) is 8.78 Å². The van der Waals surface area contributed by atoms with Crippen LogP contribution >= 0.6 is 0 Å². The van der Waals surface area contributed by atoms with Gasteiger partial charge < -0.3 is 24.3 Å². The highest BCUT2D eigenvalue weighted by molar-refractivity contribution is 5.82. The first-order valence-electron chi connectivity index (χ1n) is 14.7. The van der Waals surface area contributed by atoms with Crippen LogP contribution < -0.4 is 10.6 Å². The van der Waals surface area contributed by atoms with Gasteiger partial charge in [-0.2, -0.15) is 70.2 Å². The van der Waals surface area contributed by atoms with Crippen LogP contribution in [0.15, 0.2) is 0 Å². The van der Waals surface area contributed by atoms with E-state index in [2.05, 4.69) is 9.47 Å². The number of quaternary nitrogens is 2. The lowest BCUT2D eigenvalue weighted by molar-refractivity contribution is -0.895. The lowest BCUT2D eigenvalue weighted by Crippen LogP contribution is -2.60. The number of ether oxygens (including phenoxy) is 3. The fourth-order valence-electron chi connectivity index (χ4n) is 3.50. The van der Waals surface area contributed by atoms with Gasteiger partial charge in [-0.3, -0.25) is 19.1 Å². The Bertz CT molecular complexity index is 1200. The van der Waals surface area contributed by atoms with Crippen LogP contribution in [-0.4, -0.2) is 156 Å². The fraction of sp³-hybridized carbons (Fsp3) is 0.923. The predicted molar refractivity (Wildman–Crippen MR) is 143 cm³/mol. The fourth-order valence-corrected chi connectivity index (χ4v) is 3.50. The van der Waals surface area contributed by atoms with Crippen molar-refractivity contribution in [1.29, 1.82) is 0 Å². The molecule has 0 rings (SSSR count). The second kappa shape index (κ2) is 17.1. The standard InChI is InChI=1S/C26H36F18N4O5/c1-19(27,23(35,36)37)25(41,42)52-15(21(29,30)31)17(49)45-8-7-9-47(3,4)10-12-51-13-11-48(5,6)14-46-18(50)16(22(32,33)34)53-26(43,44)20(2,28)24(38,39)40/h15-16H,7-14H2,1-6H3/p+2. The van der Waals surface area contributed by atoms with Gasteiger partial charge in [0.2, 0.25) is 12.2 Å². The minimum absolute atomic E-state index is 0.0168. The summed E-state index contributed by atoms with van der Waals surface area (Å²) in [6.45, 7) is -3.12. The lowest BCUT2D eigenvalue weighted by Gasteiger charge is -2.34. The molecule has 2 N–H and O–H groups in total. The van der Waals surface area contributed by atoms with Crippen LogP contribution in [0.2, 0.25) is 0 Å². The van der Waals surface area contributed by atoms with Crippen molar-refractivity contribution in [3.63, 3.8) is 0 Å². The zero-order valence-electron chi connectivity index (χ0n) is 28.6. The third-order valence-electron chi connectivity index (χ3n) is 7.36. The highest BCUT2D eigenvalue weighted by Gasteiger charge is 2.72. The molecule has 316 valence electrons. The number of likely N-dealkylation sites (N-methyl/N-ethyl adjacent to an activating group) is 2. The number of hydrogen-bond donors (Lipinski definition) is 2. The number of carbonyl (C=O) groups excluding carboxylic acids is 2. The molecule has 0 aromatic rings. The average molecular weight is 829 g/mol. The van der Waals surface area contributed by atoms with Crippen molar-refractivity contribution in [2.75, 3.05) is 74.3 Å². The summed E-state index contributed by atoms with van der Waals surface area (Å²) in [7, 11) is 5.68. The minimum Gasteiger partial charge on any atom is -0.370 e. The monoisotopic (exact) mass is 828 g/mol. The molecular weight excluding hydrogens is 790 g/mol. The number of nitrogens with zero attached hydrogens (tertiary/aromatic N) is 2. The second-order valence-corrected chi connectivity index (χ2v) is 13.1. The quantitative estimate of drug-likeness (QED) is 0.0745. The molecule has 0 spiro atoms. The minimum atomic E-state index is -6.38. The maximum atomic E-state index is 13.8. The van der Waals surface area contributed by atoms with Gasteiger partial charge >= 0.3 is 36.9 Å². The Labute approximate surface area is 290 Å². The molecule has 4 unspecified atom stereocenters. The van der Waals surface area contributed by atoms with Crippen LogP contribution in [0, 0.1) is 0 Å². The molecule has 0 aliphatic heterocycles. The smallest absolute Gasteiger partial charge is 0.370 e. The summed E-state index contributed by atoms with van der Waals surface area (Å²) < 4.78 is 248. The summed E-state index contributed by atoms with van der Waals surface area (Å²) in [6.07, 6.45) is -45.5. The van der Waals surface area contributed by atoms with Crippen LogP contribution in [0.5, 0.6) is 0 Å². The third kappa shape index (κ3) is 14.6. The van der Waals surface area contributed by atoms with Crippen molar-refractivity contribution in [2.45, 2.75) is 80.7 Å². The van der Waals surface area contributed by atoms with E-state index in [1.54, 1.807) is 24.7 Å². The van der Waals surface area contributed by atoms with E-state index in [0.29, 0.717) is 0 Å². The first kappa shape index (κ1) is 50.5. The van der Waals surface area contributed by atoms with Gasteiger partial charge in [-0.15, -0.1) is 0 Å². The topological polar surface area (TPSA) is 85.9 Å². The third-order valence-corrected chi connectivity index (χ3v) is 7.36. The summed E-state index contributed by atoms with van der Waals surface area (Å²) >= 11 is 0. The Morgan fingerprint density at radius 3 is 1.23 bits per heavy atom. The Balaban J connectivity index is 4.99. The molecule has 0 bridgehead atoms. The van der Waals surface area contributed by atoms with Gasteiger partial charge in [0.05, 0.1) is 47.9 Å². The van der Waals surface area contributed by atoms with Crippen molar-refractivity contribution in [1.82, 2.24) is 10.6 Å². The first-order valence-corrected chi connectivity index (χ1v) is 14.7. The van der Waals surface area contributed by atoms with Crippen LogP contribution in [0.1, 0.15) is 20.3 Å². The molecular formula is C26H38F18N4O5+2. The zero-order valence-corrected chi connectivity index (χ0v) is 28.6. The number of halogens is 18. The van der Waals surface area contributed by atoms with Crippen LogP contribution in [0.4, 0.5) is 79.0 Å². The largest absolute Gasteiger partial charge is 0.430 e. The molecule has 0 aromatic heterocycles. The number of rotatable bonds is 20. The van der Waals surface area contributed by atoms with E-state index in [1.165, 1.54) is 14.1 Å². The lowest BCUT2D eigenvalue weighted by atomic mass is 10.1. The van der Waals surface area contributed by atoms with Crippen molar-refractivity contribution >= 4 is 11.8 Å². The maximum Gasteiger partial charge on any atom is 0.430 e. The average Bonchev–Trinajstić information content (AvgIpc) is 2.92. The van der Waals surface area contributed by atoms with Crippen molar-refractivity contribution in [3.8, 4) is 0 Å². The van der Waals surface area contributed by atoms with E-state index < -0.39 is 104 Å². The van der Waals surface area contributed by atoms with Crippen LogP contribution in [0.25, 0.3) is 0 Å². The molecule has 0 aliphatic carbocycles. The number of nitrogens with one attached hydrogen (secondary N) is 2. The maximum absolute atomic E-state index is 13.8. The Morgan fingerprint density at radius 2 is 0.887 bits per heavy atom. The molecule has 0 saturated carbocycles. The van der Waals surface area contributed by atoms with Crippen molar-refractivity contribution < 1.29 is 112 Å². The van der Waals surface area contributed by atoms with Gasteiger partial charge in [-0.1, -0.05) is 0 Å². The molecule has 53 heavy (non-hydrogen) atoms. The summed E-state index contributed by atoms with van der Waals surface area (Å²) in [5.41, 5.74) is -11.2. The van der Waals surface area contributed by atoms with E-state index in [0.717, 1.165) is 0 Å². The summed E-state index contributed by atoms with van der Waals surface area (Å²) in [4.78, 5) is 23.9. The molecule has 0 heterocycles. The van der Waals surface area contributed by atoms with Gasteiger partial charge in [0.25, 0.3) is 23.2 Å². The molecule has 0 saturated heterocycles. The molecule has 2 amide bonds. The number of alkyl halides is 18. The summed E-state index contributed by atoms with van der Waals surface area (Å²) in [5.74, 6) is -4.69. The molecule has 9 nitrogen and oxygen atoms in total. The van der Waals surface area contributed by atoms with E-state index in [1.807, 2.05) is 0 Å². The first-order chi connectivity index (χ1) is 23.2. The molecule has 27 heteroatoms. The van der Waals surface area contributed by atoms with Crippen molar-refractivity contribution in [3.05, 3.63) is 0 Å². The Hall–Kier alpha value is -2.52. The van der Waals surface area contributed by atoms with Crippen LogP contribution in [-0.2, 0) is 23.8 Å². The SMILES string of the molecule is CC(F)(C(F)(F)F)C(F)(F)OC(C(=O)NCCC[N+](C)(C)CCOCC[N+](C)(C)CNC(=O)C(OC(F)(F)C(C)(F)C(F)(F)F)C(F)(F)F)C(F)(F)F. The molecule has 0 aliphatic rings. The highest BCUT2D eigenvalue weighted by Crippen LogP contribution is 2.48. The van der Waals surface area contributed by atoms with Crippen LogP contribution in [0.3, 0.4) is 0 Å². The van der Waals surface area contributed by atoms with Gasteiger partial charge in [0.15, 0.2) is 6.67 Å². The van der Waals surface area contributed by atoms with Gasteiger partial charge in [0, 0.05) is 13.0 Å². The zero-order chi connectivity index (χ0) is 42.5. The summed E-state index contributed by atoms with van der Waals surface area (Å²) in [5, 5.41) is 3.14. The molecule has 4 atom stereocenters. The van der Waals surface area contributed by atoms with E-state index >= 15 is 0 Å². The molecule has 0 fully saturated rings. The predicted octanol–water partition coefficient (Wildman–Crippen LogP) is 5.40. The summed E-state index contributed by atoms with van der Waals surface area (Å²) in [6, 6.07) is 0. The normalized spacial score (nSPS) is 17.8. The molecule has 0 radical (unpaired) electrons. The number of amides is 2. The van der Waals surface area contributed by atoms with E-state index in [-0.39, 0.29) is 43.8 Å². The number of hydrogen-bond acceptors (Lipinski definition) is 5. The van der Waals surface area contributed by atoms with E-state index in [4.69, 9.17) is 4.74 Å². The Kier molecular flexibility index (Phi) is 16.3. The van der Waals surface area contributed by atoms with Gasteiger partial charge in [-0.05, 0) is 13.8 Å². The highest BCUT2D eigenvalue weighted by atomic mass is 19.4. The van der Waals surface area contributed by atoms with Crippen molar-refractivity contribution in [2.24, 2.45) is 0 Å². The molecule has 0 aromatic carbocycles.